The molecule has 0 bridgehead atoms. The molecule has 4 rings (SSSR count). The van der Waals surface area contributed by atoms with Crippen molar-refractivity contribution in [2.75, 3.05) is 0 Å². The highest BCUT2D eigenvalue weighted by molar-refractivity contribution is 6.37. The monoisotopic (exact) mass is 447 g/mol. The van der Waals surface area contributed by atoms with E-state index in [4.69, 9.17) is 39.2 Å². The van der Waals surface area contributed by atoms with Crippen molar-refractivity contribution >= 4 is 46.8 Å². The van der Waals surface area contributed by atoms with E-state index in [0.29, 0.717) is 32.4 Å². The number of carbonyl (C=O) groups is 1. The maximum absolute atomic E-state index is 12.8. The summed E-state index contributed by atoms with van der Waals surface area (Å²) < 4.78 is 5.74. The van der Waals surface area contributed by atoms with Crippen molar-refractivity contribution in [2.24, 2.45) is 0 Å². The zero-order chi connectivity index (χ0) is 20.4. The summed E-state index contributed by atoms with van der Waals surface area (Å²) in [6, 6.07) is 12.5. The molecule has 0 radical (unpaired) electrons. The maximum atomic E-state index is 12.8. The molecular weight excluding hydrogens is 433 g/mol. The molecule has 0 unspecified atom stereocenters. The van der Waals surface area contributed by atoms with Gasteiger partial charge < -0.3 is 9.32 Å². The van der Waals surface area contributed by atoms with Crippen molar-refractivity contribution in [2.45, 2.75) is 25.4 Å². The van der Waals surface area contributed by atoms with E-state index in [2.05, 4.69) is 10.2 Å². The summed E-state index contributed by atoms with van der Waals surface area (Å²) in [6.07, 6.45) is 5.01. The molecule has 0 aliphatic heterocycles. The van der Waals surface area contributed by atoms with Crippen LogP contribution in [0.25, 0.3) is 17.5 Å². The molecule has 0 spiro atoms. The number of hydrogen-bond acceptors (Lipinski definition) is 4. The van der Waals surface area contributed by atoms with Crippen LogP contribution in [0, 0.1) is 0 Å². The van der Waals surface area contributed by atoms with Crippen molar-refractivity contribution in [3.8, 4) is 11.5 Å². The highest BCUT2D eigenvalue weighted by Crippen LogP contribution is 2.30. The van der Waals surface area contributed by atoms with Gasteiger partial charge in [-0.05, 0) is 55.3 Å². The summed E-state index contributed by atoms with van der Waals surface area (Å²) >= 11 is 18.2. The standard InChI is InChI=1S/C21H16Cl3N3O2/c22-14-6-4-13(5-7-14)21-26-25-19(29-21)12-27(15-8-9-15)20(28)11-10-16-17(23)2-1-3-18(16)24/h1-7,10-11,15H,8-9,12H2/b11-10+. The molecular formula is C21H16Cl3N3O2. The predicted molar refractivity (Wildman–Crippen MR) is 114 cm³/mol. The molecule has 1 aromatic heterocycles. The van der Waals surface area contributed by atoms with Crippen molar-refractivity contribution in [3.63, 3.8) is 0 Å². The largest absolute Gasteiger partial charge is 0.419 e. The lowest BCUT2D eigenvalue weighted by Gasteiger charge is -2.18. The zero-order valence-corrected chi connectivity index (χ0v) is 17.5. The van der Waals surface area contributed by atoms with Gasteiger partial charge in [-0.3, -0.25) is 4.79 Å². The summed E-state index contributed by atoms with van der Waals surface area (Å²) in [6.45, 7) is 0.241. The van der Waals surface area contributed by atoms with E-state index in [1.165, 1.54) is 6.08 Å². The Morgan fingerprint density at radius 1 is 1.07 bits per heavy atom. The lowest BCUT2D eigenvalue weighted by Crippen LogP contribution is -2.31. The van der Waals surface area contributed by atoms with Crippen molar-refractivity contribution in [1.29, 1.82) is 0 Å². The van der Waals surface area contributed by atoms with Gasteiger partial charge in [0.1, 0.15) is 0 Å². The second-order valence-electron chi connectivity index (χ2n) is 6.67. The van der Waals surface area contributed by atoms with Crippen molar-refractivity contribution in [1.82, 2.24) is 15.1 Å². The fraction of sp³-hybridized carbons (Fsp3) is 0.190. The minimum atomic E-state index is -0.158. The van der Waals surface area contributed by atoms with Crippen LogP contribution in [0.2, 0.25) is 15.1 Å². The first-order valence-electron chi connectivity index (χ1n) is 9.02. The fourth-order valence-electron chi connectivity index (χ4n) is 2.87. The lowest BCUT2D eigenvalue weighted by atomic mass is 10.2. The predicted octanol–water partition coefficient (Wildman–Crippen LogP) is 5.90. The molecule has 2 aromatic carbocycles. The normalized spacial score (nSPS) is 13.8. The molecule has 3 aromatic rings. The van der Waals surface area contributed by atoms with E-state index < -0.39 is 0 Å². The van der Waals surface area contributed by atoms with Crippen LogP contribution >= 0.6 is 34.8 Å². The van der Waals surface area contributed by atoms with Crippen LogP contribution in [0.5, 0.6) is 0 Å². The van der Waals surface area contributed by atoms with E-state index in [9.17, 15) is 4.79 Å². The second kappa shape index (κ2) is 8.57. The van der Waals surface area contributed by atoms with E-state index in [0.717, 1.165) is 18.4 Å². The van der Waals surface area contributed by atoms with Gasteiger partial charge in [-0.25, -0.2) is 0 Å². The summed E-state index contributed by atoms with van der Waals surface area (Å²) in [5.41, 5.74) is 1.38. The fourth-order valence-corrected chi connectivity index (χ4v) is 3.52. The quantitative estimate of drug-likeness (QED) is 0.440. The summed E-state index contributed by atoms with van der Waals surface area (Å²) in [5.74, 6) is 0.604. The minimum Gasteiger partial charge on any atom is -0.419 e. The molecule has 8 heteroatoms. The summed E-state index contributed by atoms with van der Waals surface area (Å²) in [5, 5.41) is 9.77. The Bertz CT molecular complexity index is 1040. The van der Waals surface area contributed by atoms with Gasteiger partial charge in [-0.15, -0.1) is 10.2 Å². The van der Waals surface area contributed by atoms with Gasteiger partial charge in [0.05, 0.1) is 6.54 Å². The van der Waals surface area contributed by atoms with Crippen LogP contribution in [0.1, 0.15) is 24.3 Å². The third-order valence-electron chi connectivity index (χ3n) is 4.53. The molecule has 5 nitrogen and oxygen atoms in total. The Labute approximate surface area is 182 Å². The molecule has 1 fully saturated rings. The Morgan fingerprint density at radius 2 is 1.76 bits per heavy atom. The number of amides is 1. The molecule has 1 amide bonds. The van der Waals surface area contributed by atoms with Gasteiger partial charge in [0.25, 0.3) is 0 Å². The number of aromatic nitrogens is 2. The van der Waals surface area contributed by atoms with E-state index in [1.807, 2.05) is 0 Å². The Morgan fingerprint density at radius 3 is 2.41 bits per heavy atom. The minimum absolute atomic E-state index is 0.158. The Balaban J connectivity index is 1.49. The van der Waals surface area contributed by atoms with E-state index >= 15 is 0 Å². The van der Waals surface area contributed by atoms with E-state index in [-0.39, 0.29) is 18.5 Å². The number of nitrogens with zero attached hydrogens (tertiary/aromatic N) is 3. The number of rotatable bonds is 6. The smallest absolute Gasteiger partial charge is 0.247 e. The summed E-state index contributed by atoms with van der Waals surface area (Å²) in [7, 11) is 0. The van der Waals surface area contributed by atoms with Gasteiger partial charge in [0.2, 0.25) is 17.7 Å². The molecule has 1 aliphatic rings. The molecule has 0 N–H and O–H groups in total. The van der Waals surface area contributed by atoms with Gasteiger partial charge in [-0.1, -0.05) is 40.9 Å². The molecule has 1 saturated carbocycles. The van der Waals surface area contributed by atoms with Gasteiger partial charge in [0, 0.05) is 38.3 Å². The van der Waals surface area contributed by atoms with Crippen LogP contribution in [0.3, 0.4) is 0 Å². The Kier molecular flexibility index (Phi) is 5.90. The SMILES string of the molecule is O=C(/C=C/c1c(Cl)cccc1Cl)N(Cc1nnc(-c2ccc(Cl)cc2)o1)C1CC1. The first-order chi connectivity index (χ1) is 14.0. The third-order valence-corrected chi connectivity index (χ3v) is 5.44. The highest BCUT2D eigenvalue weighted by Gasteiger charge is 2.32. The first kappa shape index (κ1) is 20.0. The van der Waals surface area contributed by atoms with Gasteiger partial charge in [-0.2, -0.15) is 0 Å². The number of hydrogen-bond donors (Lipinski definition) is 0. The van der Waals surface area contributed by atoms with Crippen LogP contribution < -0.4 is 0 Å². The average molecular weight is 449 g/mol. The Hall–Kier alpha value is -2.34. The van der Waals surface area contributed by atoms with Crippen LogP contribution in [-0.2, 0) is 11.3 Å². The topological polar surface area (TPSA) is 59.2 Å². The number of carbonyl (C=O) groups excluding carboxylic acids is 1. The summed E-state index contributed by atoms with van der Waals surface area (Å²) in [4.78, 5) is 14.5. The van der Waals surface area contributed by atoms with Crippen molar-refractivity contribution < 1.29 is 9.21 Å². The number of benzene rings is 2. The molecule has 1 heterocycles. The molecule has 1 aliphatic carbocycles. The molecule has 0 saturated heterocycles. The van der Waals surface area contributed by atoms with Crippen LogP contribution in [0.4, 0.5) is 0 Å². The maximum Gasteiger partial charge on any atom is 0.247 e. The van der Waals surface area contributed by atoms with E-state index in [1.54, 1.807) is 53.4 Å². The average Bonchev–Trinajstić information content (AvgIpc) is 3.44. The van der Waals surface area contributed by atoms with Crippen LogP contribution in [0.15, 0.2) is 53.0 Å². The van der Waals surface area contributed by atoms with Gasteiger partial charge in [0.15, 0.2) is 0 Å². The zero-order valence-electron chi connectivity index (χ0n) is 15.2. The van der Waals surface area contributed by atoms with Crippen LogP contribution in [-0.4, -0.2) is 27.0 Å². The molecule has 0 atom stereocenters. The van der Waals surface area contributed by atoms with Crippen molar-refractivity contribution in [3.05, 3.63) is 75.1 Å². The second-order valence-corrected chi connectivity index (χ2v) is 7.92. The first-order valence-corrected chi connectivity index (χ1v) is 10.2. The highest BCUT2D eigenvalue weighted by atomic mass is 35.5. The third kappa shape index (κ3) is 4.81. The van der Waals surface area contributed by atoms with Gasteiger partial charge >= 0.3 is 0 Å². The molecule has 148 valence electrons. The number of halogens is 3. The lowest BCUT2D eigenvalue weighted by molar-refractivity contribution is -0.127. The molecule has 29 heavy (non-hydrogen) atoms.